The third-order valence-corrected chi connectivity index (χ3v) is 10.4. The Morgan fingerprint density at radius 2 is 1.01 bits per heavy atom. The molecule has 2 fully saturated rings. The van der Waals surface area contributed by atoms with Gasteiger partial charge in [-0.1, -0.05) is 18.2 Å². The van der Waals surface area contributed by atoms with Crippen LogP contribution in [0, 0.1) is 0 Å². The van der Waals surface area contributed by atoms with E-state index in [1.165, 1.54) is 94.2 Å². The van der Waals surface area contributed by atoms with Gasteiger partial charge in [0.25, 0.3) is 0 Å². The van der Waals surface area contributed by atoms with E-state index in [1.54, 1.807) is 0 Å². The smallest absolute Gasteiger partial charge is 0.331 e. The zero-order chi connectivity index (χ0) is 52.0. The molecule has 23 nitrogen and oxygen atoms in total. The fourth-order valence-electron chi connectivity index (χ4n) is 7.04. The minimum atomic E-state index is -2.77. The molecule has 0 bridgehead atoms. The topological polar surface area (TPSA) is 314 Å². The highest BCUT2D eigenvalue weighted by Crippen LogP contribution is 2.40. The fraction of sp³-hybridized carbons (Fsp3) is 0.375. The van der Waals surface area contributed by atoms with Crippen molar-refractivity contribution in [2.75, 3.05) is 41.2 Å². The van der Waals surface area contributed by atoms with Crippen LogP contribution in [0.3, 0.4) is 0 Å². The summed E-state index contributed by atoms with van der Waals surface area (Å²) in [5.74, 6) is -9.16. The predicted octanol–water partition coefficient (Wildman–Crippen LogP) is 2.25. The zero-order valence-corrected chi connectivity index (χ0v) is 39.0. The molecule has 2 aliphatic heterocycles. The second-order valence-electron chi connectivity index (χ2n) is 15.4. The molecule has 382 valence electrons. The number of hydrogen-bond donors (Lipinski definition) is 5. The summed E-state index contributed by atoms with van der Waals surface area (Å²) in [6, 6.07) is 12.5. The minimum absolute atomic E-state index is 0.0583. The van der Waals surface area contributed by atoms with Crippen molar-refractivity contribution in [1.29, 1.82) is 0 Å². The fourth-order valence-corrected chi connectivity index (χ4v) is 7.04. The van der Waals surface area contributed by atoms with E-state index in [1.807, 2.05) is 0 Å². The molecule has 5 N–H and O–H groups in total. The number of carbonyl (C=O) groups excluding carboxylic acids is 6. The van der Waals surface area contributed by atoms with Crippen molar-refractivity contribution in [2.24, 2.45) is 0 Å². The Morgan fingerprint density at radius 1 is 0.563 bits per heavy atom. The Bertz CT molecular complexity index is 2500. The van der Waals surface area contributed by atoms with Crippen LogP contribution >= 0.6 is 0 Å². The van der Waals surface area contributed by atoms with Gasteiger partial charge in [-0.3, -0.25) is 14.4 Å². The Balaban J connectivity index is 1.56. The molecular formula is C48H52O23. The van der Waals surface area contributed by atoms with Gasteiger partial charge in [0.2, 0.25) is 12.1 Å². The lowest BCUT2D eigenvalue weighted by Crippen LogP contribution is -2.65. The number of aliphatic hydroxyl groups excluding tert-OH is 2. The first-order chi connectivity index (χ1) is 33.8. The lowest BCUT2D eigenvalue weighted by Gasteiger charge is -2.45. The van der Waals surface area contributed by atoms with Gasteiger partial charge in [0.05, 0.1) is 21.3 Å². The van der Waals surface area contributed by atoms with Crippen LogP contribution in [0.25, 0.3) is 18.2 Å². The quantitative estimate of drug-likeness (QED) is 0.0616. The maximum Gasteiger partial charge on any atom is 0.331 e. The van der Waals surface area contributed by atoms with Crippen molar-refractivity contribution in [1.82, 2.24) is 0 Å². The summed E-state index contributed by atoms with van der Waals surface area (Å²) >= 11 is 0. The van der Waals surface area contributed by atoms with Gasteiger partial charge in [0.15, 0.2) is 52.8 Å². The van der Waals surface area contributed by atoms with Gasteiger partial charge in [0, 0.05) is 39.0 Å². The normalized spacial score (nSPS) is 24.0. The standard InChI is InChI=1S/C48H52O23/c1-25(49)63-23-38-44(66-26(2)50)43(59)45(67-27(3)51)47(68-38)71-48(24-65-40(56)17-11-29-8-14-32(53)35(20-29)61-5)46(69-41(57)18-12-30-9-15-33(54)36(21-30)62-6)42(58)37(70-48)22-64-39(55)16-10-28-7-13-31(52)34(19-28)60-4/h7-21,37-38,42-47,52-54,58-59H,22-24H2,1-6H3/t37-,38-,42-,43-,44+,45+,46-,47-,48+/m0/s1. The van der Waals surface area contributed by atoms with E-state index in [0.29, 0.717) is 16.7 Å². The highest BCUT2D eigenvalue weighted by atomic mass is 16.8. The second kappa shape index (κ2) is 24.7. The second-order valence-corrected chi connectivity index (χ2v) is 15.4. The molecule has 0 saturated carbocycles. The van der Waals surface area contributed by atoms with Gasteiger partial charge in [0.1, 0.15) is 44.2 Å². The van der Waals surface area contributed by atoms with Crippen molar-refractivity contribution in [3.8, 4) is 34.5 Å². The number of ether oxygens (including phenoxy) is 12. The Hall–Kier alpha value is -7.70. The Labute approximate surface area is 405 Å². The number of hydrogen-bond acceptors (Lipinski definition) is 23. The van der Waals surface area contributed by atoms with Gasteiger partial charge in [-0.2, -0.15) is 0 Å². The predicted molar refractivity (Wildman–Crippen MR) is 240 cm³/mol. The van der Waals surface area contributed by atoms with Gasteiger partial charge >= 0.3 is 35.8 Å². The first kappa shape index (κ1) is 54.2. The summed E-state index contributed by atoms with van der Waals surface area (Å²) in [7, 11) is 3.94. The molecule has 0 unspecified atom stereocenters. The maximum absolute atomic E-state index is 13.7. The highest BCUT2D eigenvalue weighted by Gasteiger charge is 2.63. The van der Waals surface area contributed by atoms with E-state index in [0.717, 1.165) is 39.0 Å². The Kier molecular flexibility index (Phi) is 18.9. The summed E-state index contributed by atoms with van der Waals surface area (Å²) in [6.07, 6.45) is -8.48. The number of benzene rings is 3. The summed E-state index contributed by atoms with van der Waals surface area (Å²) in [6.45, 7) is 0.383. The number of carbonyl (C=O) groups is 6. The molecule has 9 atom stereocenters. The molecule has 0 amide bonds. The molecule has 0 spiro atoms. The van der Waals surface area contributed by atoms with Crippen LogP contribution in [0.2, 0.25) is 0 Å². The first-order valence-corrected chi connectivity index (χ1v) is 21.3. The van der Waals surface area contributed by atoms with Gasteiger partial charge in [-0.15, -0.1) is 0 Å². The minimum Gasteiger partial charge on any atom is -0.504 e. The molecule has 0 aromatic heterocycles. The number of phenolic OH excluding ortho intramolecular Hbond substituents is 3. The SMILES string of the molecule is COc1cc(C=CC(=O)OC[C@@H]2O[C@](COC(=O)C=Cc3ccc(O)c(OC)c3)(O[C@@H]3O[C@@H](COC(C)=O)[C@@H](OC(C)=O)[C@H](O)[C@H]3OC(C)=O)[C@@H](OC(=O)C=Cc3ccc(O)c(OC)c3)[C@H]2O)ccc1O. The third kappa shape index (κ3) is 14.7. The van der Waals surface area contributed by atoms with E-state index >= 15 is 0 Å². The highest BCUT2D eigenvalue weighted by molar-refractivity contribution is 5.88. The van der Waals surface area contributed by atoms with Crippen molar-refractivity contribution in [3.63, 3.8) is 0 Å². The molecule has 23 heteroatoms. The van der Waals surface area contributed by atoms with E-state index in [2.05, 4.69) is 0 Å². The number of methoxy groups -OCH3 is 3. The lowest BCUT2D eigenvalue weighted by molar-refractivity contribution is -0.384. The summed E-state index contributed by atoms with van der Waals surface area (Å²) in [5, 5.41) is 53.6. The average Bonchev–Trinajstić information content (AvgIpc) is 3.58. The zero-order valence-electron chi connectivity index (χ0n) is 39.0. The molecular weight excluding hydrogens is 945 g/mol. The van der Waals surface area contributed by atoms with Crippen LogP contribution in [-0.2, 0) is 71.4 Å². The van der Waals surface area contributed by atoms with Crippen LogP contribution in [0.1, 0.15) is 37.5 Å². The molecule has 71 heavy (non-hydrogen) atoms. The van der Waals surface area contributed by atoms with E-state index in [9.17, 15) is 54.3 Å². The summed E-state index contributed by atoms with van der Waals surface area (Å²) in [5.41, 5.74) is 1.09. The first-order valence-electron chi connectivity index (χ1n) is 21.3. The molecule has 2 aliphatic rings. The Morgan fingerprint density at radius 3 is 1.48 bits per heavy atom. The van der Waals surface area contributed by atoms with Crippen molar-refractivity contribution >= 4 is 54.0 Å². The number of phenols is 3. The lowest BCUT2D eigenvalue weighted by atomic mass is 9.98. The van der Waals surface area contributed by atoms with E-state index in [4.69, 9.17) is 56.8 Å². The van der Waals surface area contributed by atoms with Gasteiger partial charge < -0.3 is 82.4 Å². The maximum atomic E-state index is 13.7. The number of esters is 6. The van der Waals surface area contributed by atoms with Crippen LogP contribution in [-0.4, -0.2) is 157 Å². The van der Waals surface area contributed by atoms with Crippen LogP contribution < -0.4 is 14.2 Å². The largest absolute Gasteiger partial charge is 0.504 e. The monoisotopic (exact) mass is 996 g/mol. The molecule has 2 saturated heterocycles. The number of rotatable bonds is 20. The van der Waals surface area contributed by atoms with Crippen LogP contribution in [0.5, 0.6) is 34.5 Å². The molecule has 3 aromatic carbocycles. The van der Waals surface area contributed by atoms with Crippen LogP contribution in [0.4, 0.5) is 0 Å². The molecule has 2 heterocycles. The summed E-state index contributed by atoms with van der Waals surface area (Å²) < 4.78 is 66.5. The molecule has 5 rings (SSSR count). The molecule has 0 aliphatic carbocycles. The van der Waals surface area contributed by atoms with Gasteiger partial charge in [-0.25, -0.2) is 14.4 Å². The van der Waals surface area contributed by atoms with E-state index < -0.39 is 110 Å². The van der Waals surface area contributed by atoms with Crippen molar-refractivity contribution in [3.05, 3.63) is 89.5 Å². The number of aliphatic hydroxyl groups is 2. The van der Waals surface area contributed by atoms with Crippen molar-refractivity contribution in [2.45, 2.75) is 75.6 Å². The van der Waals surface area contributed by atoms with Gasteiger partial charge in [-0.05, 0) is 71.3 Å². The van der Waals surface area contributed by atoms with Crippen LogP contribution in [0.15, 0.2) is 72.8 Å². The molecule has 3 aromatic rings. The third-order valence-electron chi connectivity index (χ3n) is 10.4. The molecule has 0 radical (unpaired) electrons. The summed E-state index contributed by atoms with van der Waals surface area (Å²) in [4.78, 5) is 77.0. The number of aromatic hydroxyl groups is 3. The average molecular weight is 997 g/mol. The van der Waals surface area contributed by atoms with E-state index in [-0.39, 0.29) is 34.5 Å². The van der Waals surface area contributed by atoms with Crippen molar-refractivity contribution < 1.29 is 111 Å².